The zero-order valence-electron chi connectivity index (χ0n) is 13.9. The van der Waals surface area contributed by atoms with Crippen LogP contribution in [0, 0.1) is 0 Å². The van der Waals surface area contributed by atoms with Gasteiger partial charge in [0.2, 0.25) is 0 Å². The number of aromatic nitrogens is 1. The van der Waals surface area contributed by atoms with E-state index in [0.717, 1.165) is 21.9 Å². The van der Waals surface area contributed by atoms with Crippen LogP contribution in [0.1, 0.15) is 17.2 Å². The molecule has 1 aromatic heterocycles. The van der Waals surface area contributed by atoms with Crippen LogP contribution in [0.5, 0.6) is 0 Å². The molecule has 3 aromatic rings. The van der Waals surface area contributed by atoms with Crippen LogP contribution in [-0.2, 0) is 11.2 Å². The van der Waals surface area contributed by atoms with E-state index in [1.54, 1.807) is 0 Å². The van der Waals surface area contributed by atoms with Crippen LogP contribution in [0.3, 0.4) is 0 Å². The minimum atomic E-state index is -1.25. The van der Waals surface area contributed by atoms with E-state index in [1.165, 1.54) is 10.6 Å². The molecule has 0 radical (unpaired) electrons. The normalized spacial score (nSPS) is 15.3. The maximum absolute atomic E-state index is 12.3. The fourth-order valence-corrected chi connectivity index (χ4v) is 3.34. The number of carbonyl (C=O) groups excluding carboxylic acids is 1. The molecule has 0 amide bonds. The van der Waals surface area contributed by atoms with Gasteiger partial charge in [-0.1, -0.05) is 42.5 Å². The summed E-state index contributed by atoms with van der Waals surface area (Å²) in [4.78, 5) is 23.5. The predicted octanol–water partition coefficient (Wildman–Crippen LogP) is -1.69. The van der Waals surface area contributed by atoms with Crippen molar-refractivity contribution in [2.75, 3.05) is 11.9 Å². The number of anilines is 1. The van der Waals surface area contributed by atoms with Crippen molar-refractivity contribution in [3.05, 3.63) is 76.1 Å². The number of nitrogens with zero attached hydrogens (tertiary/aromatic N) is 1. The fraction of sp³-hybridized carbons (Fsp3) is 0.158. The third kappa shape index (κ3) is 3.09. The van der Waals surface area contributed by atoms with Crippen molar-refractivity contribution in [1.82, 2.24) is 4.57 Å². The van der Waals surface area contributed by atoms with E-state index in [4.69, 9.17) is 0 Å². The molecular weight excluding hydrogens is 311 g/mol. The third-order valence-corrected chi connectivity index (χ3v) is 4.46. The Hall–Kier alpha value is -2.48. The van der Waals surface area contributed by atoms with Gasteiger partial charge in [0, 0.05) is 12.6 Å². The van der Waals surface area contributed by atoms with Crippen LogP contribution in [-0.4, -0.2) is 17.1 Å². The molecule has 1 atom stereocenters. The summed E-state index contributed by atoms with van der Waals surface area (Å²) >= 11 is 0. The van der Waals surface area contributed by atoms with Crippen molar-refractivity contribution in [3.63, 3.8) is 0 Å². The number of carbonyl (C=O) groups is 1. The minimum absolute atomic E-state index is 0. The average Bonchev–Trinajstić information content (AvgIpc) is 3.00. The summed E-state index contributed by atoms with van der Waals surface area (Å²) in [6, 6.07) is 16.6. The van der Waals surface area contributed by atoms with Crippen molar-refractivity contribution in [2.24, 2.45) is 0 Å². The molecule has 0 spiro atoms. The van der Waals surface area contributed by atoms with E-state index in [-0.39, 0.29) is 31.0 Å². The molecule has 5 nitrogen and oxygen atoms in total. The molecule has 1 aliphatic heterocycles. The summed E-state index contributed by atoms with van der Waals surface area (Å²) in [5.74, 6) is -0.711. The van der Waals surface area contributed by atoms with Gasteiger partial charge in [-0.3, -0.25) is 9.36 Å². The van der Waals surface area contributed by atoms with Gasteiger partial charge in [-0.05, 0) is 34.4 Å². The van der Waals surface area contributed by atoms with Gasteiger partial charge in [0.25, 0.3) is 5.56 Å². The topological polar surface area (TPSA) is 74.2 Å². The molecule has 0 fully saturated rings. The van der Waals surface area contributed by atoms with Gasteiger partial charge in [0.05, 0.1) is 12.0 Å². The van der Waals surface area contributed by atoms with E-state index in [9.17, 15) is 14.7 Å². The van der Waals surface area contributed by atoms with E-state index in [1.807, 2.05) is 30.3 Å². The van der Waals surface area contributed by atoms with Gasteiger partial charge >= 0.3 is 18.9 Å². The van der Waals surface area contributed by atoms with E-state index >= 15 is 0 Å². The van der Waals surface area contributed by atoms with Crippen LogP contribution in [0.4, 0.5) is 5.82 Å². The molecule has 2 heterocycles. The Balaban J connectivity index is 0.00000182. The van der Waals surface area contributed by atoms with Crippen molar-refractivity contribution in [3.8, 4) is 0 Å². The molecule has 120 valence electrons. The Morgan fingerprint density at radius 1 is 1.16 bits per heavy atom. The second-order valence-corrected chi connectivity index (χ2v) is 5.99. The largest absolute Gasteiger partial charge is 1.00 e. The summed E-state index contributed by atoms with van der Waals surface area (Å²) in [6.07, 6.45) is 0.613. The van der Waals surface area contributed by atoms with E-state index in [2.05, 4.69) is 23.5 Å². The Morgan fingerprint density at radius 3 is 2.72 bits per heavy atom. The van der Waals surface area contributed by atoms with Crippen LogP contribution in [0.15, 0.2) is 59.4 Å². The molecule has 1 N–H and O–H groups in total. The van der Waals surface area contributed by atoms with E-state index in [0.29, 0.717) is 12.2 Å². The summed E-state index contributed by atoms with van der Waals surface area (Å²) in [5, 5.41) is 16.4. The van der Waals surface area contributed by atoms with Gasteiger partial charge < -0.3 is 15.2 Å². The van der Waals surface area contributed by atoms with Crippen LogP contribution >= 0.6 is 0 Å². The molecule has 2 aromatic carbocycles. The fourth-order valence-electron chi connectivity index (χ4n) is 3.34. The number of carboxylic acids is 1. The number of carboxylic acid groups (broad SMARTS) is 1. The number of hydrogen-bond donors (Lipinski definition) is 1. The number of pyridine rings is 1. The van der Waals surface area contributed by atoms with Crippen molar-refractivity contribution in [1.29, 1.82) is 0 Å². The average molecular weight is 326 g/mol. The number of aliphatic carboxylic acids is 1. The van der Waals surface area contributed by atoms with Gasteiger partial charge in [0.15, 0.2) is 0 Å². The maximum Gasteiger partial charge on any atom is 1.00 e. The molecule has 0 aliphatic carbocycles. The second-order valence-electron chi connectivity index (χ2n) is 5.99. The van der Waals surface area contributed by atoms with Crippen LogP contribution < -0.4 is 34.8 Å². The molecule has 6 heteroatoms. The first-order chi connectivity index (χ1) is 11.6. The molecule has 25 heavy (non-hydrogen) atoms. The number of nitrogens with one attached hydrogen (secondary N) is 1. The predicted molar refractivity (Wildman–Crippen MR) is 90.0 cm³/mol. The third-order valence-electron chi connectivity index (χ3n) is 4.46. The first-order valence-electron chi connectivity index (χ1n) is 7.80. The number of benzene rings is 2. The van der Waals surface area contributed by atoms with Crippen LogP contribution in [0.25, 0.3) is 10.8 Å². The molecule has 0 bridgehead atoms. The maximum atomic E-state index is 12.3. The SMILES string of the molecule is O=C([O-])[C@@H]1CNc2cc(Cc3cccc4ccccc34)cc(=O)n21.[Li+]. The molecule has 0 saturated carbocycles. The zero-order valence-corrected chi connectivity index (χ0v) is 13.9. The monoisotopic (exact) mass is 326 g/mol. The van der Waals surface area contributed by atoms with Crippen LogP contribution in [0.2, 0.25) is 0 Å². The number of hydrogen-bond acceptors (Lipinski definition) is 4. The molecule has 0 saturated heterocycles. The first kappa shape index (κ1) is 17.3. The van der Waals surface area contributed by atoms with Gasteiger partial charge in [0.1, 0.15) is 5.82 Å². The molecule has 0 unspecified atom stereocenters. The smallest absolute Gasteiger partial charge is 0.548 e. The van der Waals surface area contributed by atoms with Crippen molar-refractivity contribution >= 4 is 22.6 Å². The Kier molecular flexibility index (Phi) is 4.71. The van der Waals surface area contributed by atoms with E-state index < -0.39 is 12.0 Å². The second kappa shape index (κ2) is 6.79. The minimum Gasteiger partial charge on any atom is -0.548 e. The zero-order chi connectivity index (χ0) is 16.7. The molecule has 1 aliphatic rings. The van der Waals surface area contributed by atoms with Crippen molar-refractivity contribution in [2.45, 2.75) is 12.5 Å². The summed E-state index contributed by atoms with van der Waals surface area (Å²) < 4.78 is 1.25. The number of fused-ring (bicyclic) bond motifs is 2. The summed E-state index contributed by atoms with van der Waals surface area (Å²) in [6.45, 7) is 0.176. The number of rotatable bonds is 3. The standard InChI is InChI=1S/C19H16N2O3.Li/c22-18-10-12(9-17-20-11-16(19(23)24)21(17)18)8-14-6-3-5-13-4-1-2-7-15(13)14;/h1-7,9-10,16,20H,8,11H2,(H,23,24);/q;+1/p-1/t16-;/m0./s1. The first-order valence-corrected chi connectivity index (χ1v) is 7.80. The summed E-state index contributed by atoms with van der Waals surface area (Å²) in [7, 11) is 0. The Bertz CT molecular complexity index is 1010. The Labute approximate surface area is 156 Å². The quantitative estimate of drug-likeness (QED) is 0.583. The molecular formula is C19H15LiN2O3. The van der Waals surface area contributed by atoms with Gasteiger partial charge in [-0.25, -0.2) is 0 Å². The Morgan fingerprint density at radius 2 is 1.92 bits per heavy atom. The summed E-state index contributed by atoms with van der Waals surface area (Å²) in [5.41, 5.74) is 1.67. The van der Waals surface area contributed by atoms with Gasteiger partial charge in [-0.2, -0.15) is 0 Å². The van der Waals surface area contributed by atoms with Gasteiger partial charge in [-0.15, -0.1) is 0 Å². The molecule has 4 rings (SSSR count). The van der Waals surface area contributed by atoms with Crippen molar-refractivity contribution < 1.29 is 28.8 Å².